The number of hydrogen-bond donors (Lipinski definition) is 1. The summed E-state index contributed by atoms with van der Waals surface area (Å²) in [4.78, 5) is 22.4. The third-order valence-corrected chi connectivity index (χ3v) is 4.06. The Kier molecular flexibility index (Phi) is 5.54. The topological polar surface area (TPSA) is 97.7 Å². The molecule has 7 nitrogen and oxygen atoms in total. The van der Waals surface area contributed by atoms with Crippen molar-refractivity contribution in [3.05, 3.63) is 86.1 Å². The molecule has 0 aliphatic carbocycles. The second kappa shape index (κ2) is 8.03. The van der Waals surface area contributed by atoms with E-state index in [0.29, 0.717) is 32.7 Å². The zero-order valence-electron chi connectivity index (χ0n) is 13.6. The lowest BCUT2D eigenvalue weighted by Crippen LogP contribution is -2.17. The molecule has 3 rings (SSSR count). The maximum atomic E-state index is 12.0. The summed E-state index contributed by atoms with van der Waals surface area (Å²) in [5, 5.41) is 15.5. The lowest BCUT2D eigenvalue weighted by Gasteiger charge is -2.01. The minimum Gasteiger partial charge on any atom is -0.455 e. The highest BCUT2D eigenvalue weighted by atomic mass is 35.5. The number of furan rings is 1. The average Bonchev–Trinajstić information content (AvgIpc) is 3.10. The Morgan fingerprint density at radius 1 is 1.15 bits per heavy atom. The first-order chi connectivity index (χ1) is 12.9. The van der Waals surface area contributed by atoms with Crippen LogP contribution < -0.4 is 5.43 Å². The van der Waals surface area contributed by atoms with E-state index in [1.807, 2.05) is 0 Å². The minimum absolute atomic E-state index is 0.102. The van der Waals surface area contributed by atoms with Gasteiger partial charge in [-0.25, -0.2) is 5.43 Å². The molecule has 0 radical (unpaired) electrons. The number of halogens is 2. The molecule has 2 aromatic carbocycles. The summed E-state index contributed by atoms with van der Waals surface area (Å²) in [6.45, 7) is 0. The van der Waals surface area contributed by atoms with Gasteiger partial charge in [0.15, 0.2) is 0 Å². The largest absolute Gasteiger partial charge is 0.455 e. The Bertz CT molecular complexity index is 1050. The molecule has 0 unspecified atom stereocenters. The Hall–Kier alpha value is -3.16. The van der Waals surface area contributed by atoms with Crippen molar-refractivity contribution in [2.24, 2.45) is 5.10 Å². The second-order valence-electron chi connectivity index (χ2n) is 5.33. The van der Waals surface area contributed by atoms with Gasteiger partial charge in [0.25, 0.3) is 11.6 Å². The van der Waals surface area contributed by atoms with Gasteiger partial charge >= 0.3 is 0 Å². The molecule has 1 N–H and O–H groups in total. The first kappa shape index (κ1) is 18.6. The van der Waals surface area contributed by atoms with Crippen LogP contribution in [-0.4, -0.2) is 17.0 Å². The molecule has 1 amide bonds. The summed E-state index contributed by atoms with van der Waals surface area (Å²) in [6.07, 6.45) is 1.30. The van der Waals surface area contributed by atoms with E-state index < -0.39 is 10.8 Å². The molecule has 0 saturated heterocycles. The first-order valence-corrected chi connectivity index (χ1v) is 8.33. The summed E-state index contributed by atoms with van der Waals surface area (Å²) in [5.74, 6) is 0.243. The molecule has 3 aromatic rings. The van der Waals surface area contributed by atoms with Crippen LogP contribution in [0.2, 0.25) is 10.0 Å². The van der Waals surface area contributed by atoms with Gasteiger partial charge in [0.1, 0.15) is 11.5 Å². The number of nitrogens with one attached hydrogen (secondary N) is 1. The van der Waals surface area contributed by atoms with Gasteiger partial charge in [-0.3, -0.25) is 14.9 Å². The Morgan fingerprint density at radius 2 is 1.96 bits per heavy atom. The number of carbonyl (C=O) groups is 1. The average molecular weight is 404 g/mol. The van der Waals surface area contributed by atoms with Crippen LogP contribution in [0.3, 0.4) is 0 Å². The monoisotopic (exact) mass is 403 g/mol. The van der Waals surface area contributed by atoms with Crippen molar-refractivity contribution in [3.63, 3.8) is 0 Å². The van der Waals surface area contributed by atoms with Gasteiger partial charge in [0.05, 0.1) is 16.2 Å². The summed E-state index contributed by atoms with van der Waals surface area (Å²) in [5.41, 5.74) is 3.00. The third-order valence-electron chi connectivity index (χ3n) is 3.50. The molecule has 27 heavy (non-hydrogen) atoms. The van der Waals surface area contributed by atoms with Gasteiger partial charge in [-0.1, -0.05) is 29.3 Å². The standard InChI is InChI=1S/C18H11Cl2N3O4/c19-12-3-1-2-11(8-12)18(24)22-21-10-14-5-7-17(27-14)15-9-13(23(25)26)4-6-16(15)20/h1-10H,(H,22,24)/b21-10+. The summed E-state index contributed by atoms with van der Waals surface area (Å²) in [7, 11) is 0. The van der Waals surface area contributed by atoms with E-state index in [1.54, 1.807) is 30.3 Å². The number of benzene rings is 2. The molecule has 1 aromatic heterocycles. The number of nitro groups is 1. The van der Waals surface area contributed by atoms with Crippen LogP contribution in [0.5, 0.6) is 0 Å². The van der Waals surface area contributed by atoms with Gasteiger partial charge < -0.3 is 4.42 Å². The van der Waals surface area contributed by atoms with Crippen LogP contribution >= 0.6 is 23.2 Å². The van der Waals surface area contributed by atoms with Crippen LogP contribution in [0.25, 0.3) is 11.3 Å². The zero-order valence-corrected chi connectivity index (χ0v) is 15.1. The van der Waals surface area contributed by atoms with Crippen LogP contribution in [0, 0.1) is 10.1 Å². The molecule has 0 aliphatic heterocycles. The van der Waals surface area contributed by atoms with Crippen LogP contribution in [0.1, 0.15) is 16.1 Å². The van der Waals surface area contributed by atoms with Crippen molar-refractivity contribution in [2.75, 3.05) is 0 Å². The molecule has 0 bridgehead atoms. The molecule has 0 fully saturated rings. The second-order valence-corrected chi connectivity index (χ2v) is 6.18. The number of hydrazone groups is 1. The normalized spacial score (nSPS) is 10.9. The van der Waals surface area contributed by atoms with Crippen LogP contribution in [0.4, 0.5) is 5.69 Å². The van der Waals surface area contributed by atoms with Crippen molar-refractivity contribution < 1.29 is 14.1 Å². The van der Waals surface area contributed by atoms with E-state index in [9.17, 15) is 14.9 Å². The molecule has 0 spiro atoms. The Morgan fingerprint density at radius 3 is 2.70 bits per heavy atom. The van der Waals surface area contributed by atoms with Crippen molar-refractivity contribution in [1.29, 1.82) is 0 Å². The smallest absolute Gasteiger partial charge is 0.271 e. The van der Waals surface area contributed by atoms with Crippen molar-refractivity contribution >= 4 is 41.0 Å². The van der Waals surface area contributed by atoms with Crippen molar-refractivity contribution in [2.45, 2.75) is 0 Å². The predicted octanol–water partition coefficient (Wildman–Crippen LogP) is 4.93. The molecule has 0 aliphatic rings. The highest BCUT2D eigenvalue weighted by Crippen LogP contribution is 2.32. The molecule has 9 heteroatoms. The predicted molar refractivity (Wildman–Crippen MR) is 102 cm³/mol. The van der Waals surface area contributed by atoms with Gasteiger partial charge in [-0.05, 0) is 36.4 Å². The SMILES string of the molecule is O=C(N/N=C/c1ccc(-c2cc([N+](=O)[O-])ccc2Cl)o1)c1cccc(Cl)c1. The van der Waals surface area contributed by atoms with Gasteiger partial charge in [0, 0.05) is 28.3 Å². The van der Waals surface area contributed by atoms with E-state index in [0.717, 1.165) is 0 Å². The number of hydrogen-bond acceptors (Lipinski definition) is 5. The third kappa shape index (κ3) is 4.52. The molecule has 136 valence electrons. The minimum atomic E-state index is -0.517. The molecular formula is C18H11Cl2N3O4. The highest BCUT2D eigenvalue weighted by molar-refractivity contribution is 6.33. The van der Waals surface area contributed by atoms with Crippen molar-refractivity contribution in [3.8, 4) is 11.3 Å². The van der Waals surface area contributed by atoms with E-state index in [4.69, 9.17) is 27.6 Å². The van der Waals surface area contributed by atoms with E-state index in [-0.39, 0.29) is 5.69 Å². The summed E-state index contributed by atoms with van der Waals surface area (Å²) in [6, 6.07) is 13.7. The van der Waals surface area contributed by atoms with E-state index in [2.05, 4.69) is 10.5 Å². The van der Waals surface area contributed by atoms with Crippen molar-refractivity contribution in [1.82, 2.24) is 5.43 Å². The van der Waals surface area contributed by atoms with Gasteiger partial charge in [-0.15, -0.1) is 0 Å². The summed E-state index contributed by atoms with van der Waals surface area (Å²) < 4.78 is 5.56. The molecule has 0 atom stereocenters. The number of carbonyl (C=O) groups excluding carboxylic acids is 1. The molecule has 1 heterocycles. The number of nitrogens with zero attached hydrogens (tertiary/aromatic N) is 2. The number of rotatable bonds is 5. The molecule has 0 saturated carbocycles. The molecular weight excluding hydrogens is 393 g/mol. The number of non-ortho nitro benzene ring substituents is 1. The maximum Gasteiger partial charge on any atom is 0.271 e. The van der Waals surface area contributed by atoms with Gasteiger partial charge in [0.2, 0.25) is 0 Å². The Balaban J connectivity index is 1.73. The number of nitro benzene ring substituents is 1. The highest BCUT2D eigenvalue weighted by Gasteiger charge is 2.14. The van der Waals surface area contributed by atoms with Gasteiger partial charge in [-0.2, -0.15) is 5.10 Å². The number of amides is 1. The van der Waals surface area contributed by atoms with E-state index >= 15 is 0 Å². The fourth-order valence-corrected chi connectivity index (χ4v) is 2.63. The quantitative estimate of drug-likeness (QED) is 0.371. The Labute approximate surface area is 163 Å². The lowest BCUT2D eigenvalue weighted by molar-refractivity contribution is -0.384. The maximum absolute atomic E-state index is 12.0. The summed E-state index contributed by atoms with van der Waals surface area (Å²) >= 11 is 11.9. The van der Waals surface area contributed by atoms with E-state index in [1.165, 1.54) is 30.5 Å². The fraction of sp³-hybridized carbons (Fsp3) is 0. The van der Waals surface area contributed by atoms with Crippen LogP contribution in [-0.2, 0) is 0 Å². The fourth-order valence-electron chi connectivity index (χ4n) is 2.23. The van der Waals surface area contributed by atoms with Crippen LogP contribution in [0.15, 0.2) is 64.1 Å². The lowest BCUT2D eigenvalue weighted by atomic mass is 10.1. The first-order valence-electron chi connectivity index (χ1n) is 7.57. The zero-order chi connectivity index (χ0) is 19.4.